The lowest BCUT2D eigenvalue weighted by molar-refractivity contribution is -0.384. The summed E-state index contributed by atoms with van der Waals surface area (Å²) in [4.78, 5) is 30.8. The van der Waals surface area contributed by atoms with Gasteiger partial charge in [-0.15, -0.1) is 0 Å². The van der Waals surface area contributed by atoms with Gasteiger partial charge in [0, 0.05) is 17.8 Å². The van der Waals surface area contributed by atoms with Crippen LogP contribution in [0.15, 0.2) is 54.7 Å². The molecule has 0 aliphatic rings. The molecule has 0 unspecified atom stereocenters. The maximum absolute atomic E-state index is 12.6. The smallest absolute Gasteiger partial charge is 0.271 e. The van der Waals surface area contributed by atoms with Crippen molar-refractivity contribution in [3.8, 4) is 0 Å². The van der Waals surface area contributed by atoms with Crippen molar-refractivity contribution in [1.82, 2.24) is 9.97 Å². The van der Waals surface area contributed by atoms with Crippen LogP contribution >= 0.6 is 23.2 Å². The van der Waals surface area contributed by atoms with Gasteiger partial charge in [-0.2, -0.15) is 4.98 Å². The molecule has 0 aliphatic carbocycles. The average Bonchev–Trinajstić information content (AvgIpc) is 2.65. The van der Waals surface area contributed by atoms with E-state index < -0.39 is 10.8 Å². The third kappa shape index (κ3) is 4.49. The summed E-state index contributed by atoms with van der Waals surface area (Å²) in [6.07, 6.45) is 1.28. The molecular weight excluding hydrogens is 393 g/mol. The standard InChI is InChI=1S/C17H11Cl2N5O3/c18-13-9-20-17(19)23-15(13)22-14-8-11(24(26)27)6-7-12(14)16(25)21-10-4-2-1-3-5-10/h1-9H,(H,21,25)(H,20,22,23). The Labute approximate surface area is 163 Å². The van der Waals surface area contributed by atoms with Crippen molar-refractivity contribution in [1.29, 1.82) is 0 Å². The lowest BCUT2D eigenvalue weighted by atomic mass is 10.1. The van der Waals surface area contributed by atoms with E-state index in [1.54, 1.807) is 24.3 Å². The molecular formula is C17H11Cl2N5O3. The summed E-state index contributed by atoms with van der Waals surface area (Å²) in [5, 5.41) is 16.7. The fourth-order valence-corrected chi connectivity index (χ4v) is 2.50. The van der Waals surface area contributed by atoms with Gasteiger partial charge < -0.3 is 10.6 Å². The first kappa shape index (κ1) is 18.6. The Morgan fingerprint density at radius 2 is 1.85 bits per heavy atom. The highest BCUT2D eigenvalue weighted by Gasteiger charge is 2.18. The largest absolute Gasteiger partial charge is 0.338 e. The van der Waals surface area contributed by atoms with E-state index in [1.807, 2.05) is 6.07 Å². The summed E-state index contributed by atoms with van der Waals surface area (Å²) in [5.41, 5.74) is 0.685. The van der Waals surface area contributed by atoms with Gasteiger partial charge in [0.25, 0.3) is 11.6 Å². The molecule has 0 atom stereocenters. The summed E-state index contributed by atoms with van der Waals surface area (Å²) in [7, 11) is 0. The summed E-state index contributed by atoms with van der Waals surface area (Å²) >= 11 is 11.8. The van der Waals surface area contributed by atoms with E-state index in [4.69, 9.17) is 23.2 Å². The first-order valence-corrected chi connectivity index (χ1v) is 8.29. The summed E-state index contributed by atoms with van der Waals surface area (Å²) in [5.74, 6) is -0.346. The van der Waals surface area contributed by atoms with Gasteiger partial charge in [0.05, 0.1) is 22.4 Å². The average molecular weight is 404 g/mol. The Bertz CT molecular complexity index is 1010. The van der Waals surface area contributed by atoms with Crippen LogP contribution in [-0.4, -0.2) is 20.8 Å². The Morgan fingerprint density at radius 1 is 1.11 bits per heavy atom. The number of benzene rings is 2. The molecule has 3 rings (SSSR count). The zero-order valence-corrected chi connectivity index (χ0v) is 15.0. The van der Waals surface area contributed by atoms with Crippen LogP contribution < -0.4 is 10.6 Å². The molecule has 2 aromatic carbocycles. The topological polar surface area (TPSA) is 110 Å². The third-order valence-corrected chi connectivity index (χ3v) is 3.92. The van der Waals surface area contributed by atoms with Crippen LogP contribution in [0.4, 0.5) is 22.9 Å². The van der Waals surface area contributed by atoms with Crippen molar-refractivity contribution >= 4 is 52.0 Å². The van der Waals surface area contributed by atoms with Crippen molar-refractivity contribution in [2.24, 2.45) is 0 Å². The lowest BCUT2D eigenvalue weighted by Crippen LogP contribution is -2.14. The fraction of sp³-hybridized carbons (Fsp3) is 0. The highest BCUT2D eigenvalue weighted by Crippen LogP contribution is 2.29. The highest BCUT2D eigenvalue weighted by atomic mass is 35.5. The van der Waals surface area contributed by atoms with E-state index in [0.717, 1.165) is 0 Å². The number of nitrogens with one attached hydrogen (secondary N) is 2. The monoisotopic (exact) mass is 403 g/mol. The van der Waals surface area contributed by atoms with E-state index in [1.165, 1.54) is 24.4 Å². The molecule has 1 aromatic heterocycles. The number of anilines is 3. The van der Waals surface area contributed by atoms with Crippen molar-refractivity contribution < 1.29 is 9.72 Å². The number of aromatic nitrogens is 2. The van der Waals surface area contributed by atoms with E-state index in [9.17, 15) is 14.9 Å². The molecule has 136 valence electrons. The van der Waals surface area contributed by atoms with Crippen LogP contribution in [0.3, 0.4) is 0 Å². The maximum atomic E-state index is 12.6. The fourth-order valence-electron chi connectivity index (χ4n) is 2.23. The van der Waals surface area contributed by atoms with Crippen LogP contribution in [0, 0.1) is 10.1 Å². The number of nitrogens with zero attached hydrogens (tertiary/aromatic N) is 3. The van der Waals surface area contributed by atoms with Gasteiger partial charge in [-0.1, -0.05) is 29.8 Å². The van der Waals surface area contributed by atoms with Gasteiger partial charge >= 0.3 is 0 Å². The predicted octanol–water partition coefficient (Wildman–Crippen LogP) is 4.69. The van der Waals surface area contributed by atoms with Crippen molar-refractivity contribution in [3.63, 3.8) is 0 Å². The van der Waals surface area contributed by atoms with Crippen LogP contribution in [0.2, 0.25) is 10.3 Å². The van der Waals surface area contributed by atoms with Crippen molar-refractivity contribution in [2.45, 2.75) is 0 Å². The number of non-ortho nitro benzene ring substituents is 1. The molecule has 0 bridgehead atoms. The minimum Gasteiger partial charge on any atom is -0.338 e. The van der Waals surface area contributed by atoms with Gasteiger partial charge in [-0.05, 0) is 29.8 Å². The third-order valence-electron chi connectivity index (χ3n) is 3.46. The van der Waals surface area contributed by atoms with E-state index in [2.05, 4.69) is 20.6 Å². The van der Waals surface area contributed by atoms with Gasteiger partial charge in [0.2, 0.25) is 5.28 Å². The molecule has 0 fully saturated rings. The summed E-state index contributed by atoms with van der Waals surface area (Å²) < 4.78 is 0. The first-order valence-electron chi connectivity index (χ1n) is 7.54. The van der Waals surface area contributed by atoms with Gasteiger partial charge in [-0.3, -0.25) is 14.9 Å². The molecule has 0 saturated heterocycles. The number of amides is 1. The van der Waals surface area contributed by atoms with E-state index in [-0.39, 0.29) is 33.1 Å². The molecule has 0 aliphatic heterocycles. The van der Waals surface area contributed by atoms with Crippen LogP contribution in [0.25, 0.3) is 0 Å². The van der Waals surface area contributed by atoms with Crippen LogP contribution in [-0.2, 0) is 0 Å². The molecule has 0 spiro atoms. The Kier molecular flexibility index (Phi) is 5.49. The molecule has 10 heteroatoms. The highest BCUT2D eigenvalue weighted by molar-refractivity contribution is 6.33. The number of nitro benzene ring substituents is 1. The van der Waals surface area contributed by atoms with Gasteiger partial charge in [-0.25, -0.2) is 4.98 Å². The molecule has 1 heterocycles. The minimum atomic E-state index is -0.571. The van der Waals surface area contributed by atoms with Crippen LogP contribution in [0.5, 0.6) is 0 Å². The van der Waals surface area contributed by atoms with Crippen LogP contribution in [0.1, 0.15) is 10.4 Å². The minimum absolute atomic E-state index is 0.0670. The normalized spacial score (nSPS) is 10.3. The molecule has 3 aromatic rings. The van der Waals surface area contributed by atoms with Crippen molar-refractivity contribution in [2.75, 3.05) is 10.6 Å². The molecule has 27 heavy (non-hydrogen) atoms. The van der Waals surface area contributed by atoms with Gasteiger partial charge in [0.1, 0.15) is 5.02 Å². The SMILES string of the molecule is O=C(Nc1ccccc1)c1ccc([N+](=O)[O-])cc1Nc1nc(Cl)ncc1Cl. The number of hydrogen-bond acceptors (Lipinski definition) is 6. The number of halogens is 2. The lowest BCUT2D eigenvalue weighted by Gasteiger charge is -2.13. The number of para-hydroxylation sites is 1. The number of nitro groups is 1. The first-order chi connectivity index (χ1) is 12.9. The number of carbonyl (C=O) groups excluding carboxylic acids is 1. The Balaban J connectivity index is 1.99. The predicted molar refractivity (Wildman–Crippen MR) is 103 cm³/mol. The number of hydrogen-bond donors (Lipinski definition) is 2. The number of carbonyl (C=O) groups is 1. The zero-order valence-electron chi connectivity index (χ0n) is 13.5. The second-order valence-corrected chi connectivity index (χ2v) is 6.01. The molecule has 1 amide bonds. The second-order valence-electron chi connectivity index (χ2n) is 5.27. The van der Waals surface area contributed by atoms with Gasteiger partial charge in [0.15, 0.2) is 5.82 Å². The molecule has 0 radical (unpaired) electrons. The summed E-state index contributed by atoms with van der Waals surface area (Å²) in [6, 6.07) is 12.6. The zero-order chi connectivity index (χ0) is 19.4. The number of rotatable bonds is 5. The Hall–Kier alpha value is -3.23. The molecule has 8 nitrogen and oxygen atoms in total. The maximum Gasteiger partial charge on any atom is 0.271 e. The Morgan fingerprint density at radius 3 is 2.56 bits per heavy atom. The molecule has 0 saturated carbocycles. The molecule has 2 N–H and O–H groups in total. The van der Waals surface area contributed by atoms with Crippen molar-refractivity contribution in [3.05, 3.63) is 80.7 Å². The van der Waals surface area contributed by atoms with E-state index >= 15 is 0 Å². The second kappa shape index (κ2) is 7.98. The quantitative estimate of drug-likeness (QED) is 0.363. The summed E-state index contributed by atoms with van der Waals surface area (Å²) in [6.45, 7) is 0. The van der Waals surface area contributed by atoms with E-state index in [0.29, 0.717) is 5.69 Å².